The molecular formula is C31H52O3. The molecule has 2 bridgehead atoms. The molecule has 5 rings (SSSR count). The van der Waals surface area contributed by atoms with Crippen LogP contribution in [-0.4, -0.2) is 30.2 Å². The summed E-state index contributed by atoms with van der Waals surface area (Å²) in [5, 5.41) is 9.38. The minimum atomic E-state index is -0.445. The molecule has 34 heavy (non-hydrogen) atoms. The van der Waals surface area contributed by atoms with E-state index >= 15 is 0 Å². The standard InChI is InChI=1S/C31H52O3/c1-21(2)8-7-9-22(3)25-10-11-26-24-12-15-30-20-31(33-19-18-32,34-23(30)4)17-16-29(30,6)27(24)13-14-28(25,26)5/h21-23,25,27,32H,7-20H2,1-6H3/t22-,23+,25?,27?,28-,29-,30-,31+/m1/s1. The van der Waals surface area contributed by atoms with Crippen LogP contribution in [-0.2, 0) is 9.47 Å². The number of aliphatic hydroxyl groups is 1. The Bertz CT molecular complexity index is 802. The van der Waals surface area contributed by atoms with E-state index < -0.39 is 5.79 Å². The summed E-state index contributed by atoms with van der Waals surface area (Å²) in [6.45, 7) is 15.4. The summed E-state index contributed by atoms with van der Waals surface area (Å²) in [4.78, 5) is 0. The van der Waals surface area contributed by atoms with Crippen LogP contribution in [0.3, 0.4) is 0 Å². The predicted molar refractivity (Wildman–Crippen MR) is 138 cm³/mol. The molecule has 2 unspecified atom stereocenters. The molecule has 1 aliphatic heterocycles. The lowest BCUT2D eigenvalue weighted by Gasteiger charge is -2.61. The fourth-order valence-corrected chi connectivity index (χ4v) is 10.3. The van der Waals surface area contributed by atoms with E-state index in [-0.39, 0.29) is 18.1 Å². The molecule has 3 nitrogen and oxygen atoms in total. The fraction of sp³-hybridized carbons (Fsp3) is 0.935. The summed E-state index contributed by atoms with van der Waals surface area (Å²) in [5.41, 5.74) is 4.79. The SMILES string of the molecule is CC(C)CCC[C@@H](C)C1CCC2=C3CC[C@]45C[C@](OCCO)(CC[C@]4(C)C3CC[C@@]21C)O[C@H]5C. The van der Waals surface area contributed by atoms with Crippen LogP contribution < -0.4 is 0 Å². The summed E-state index contributed by atoms with van der Waals surface area (Å²) in [6.07, 6.45) is 15.8. The lowest BCUT2D eigenvalue weighted by Crippen LogP contribution is -2.56. The topological polar surface area (TPSA) is 38.7 Å². The first kappa shape index (κ1) is 25.3. The number of rotatable bonds is 8. The van der Waals surface area contributed by atoms with Gasteiger partial charge in [-0.1, -0.05) is 65.0 Å². The Morgan fingerprint density at radius 1 is 1.03 bits per heavy atom. The van der Waals surface area contributed by atoms with Gasteiger partial charge in [-0.15, -0.1) is 0 Å². The molecule has 4 aliphatic carbocycles. The van der Waals surface area contributed by atoms with Crippen LogP contribution in [0.4, 0.5) is 0 Å². The lowest BCUT2D eigenvalue weighted by atomic mass is 9.42. The highest BCUT2D eigenvalue weighted by molar-refractivity contribution is 5.36. The maximum absolute atomic E-state index is 9.38. The van der Waals surface area contributed by atoms with Crippen molar-refractivity contribution < 1.29 is 14.6 Å². The van der Waals surface area contributed by atoms with Crippen LogP contribution in [0.5, 0.6) is 0 Å². The van der Waals surface area contributed by atoms with Gasteiger partial charge in [0.15, 0.2) is 5.79 Å². The zero-order chi connectivity index (χ0) is 24.4. The number of fused-ring (bicyclic) bond motifs is 4. The highest BCUT2D eigenvalue weighted by atomic mass is 16.7. The zero-order valence-corrected chi connectivity index (χ0v) is 23.0. The van der Waals surface area contributed by atoms with E-state index in [9.17, 15) is 5.11 Å². The second-order valence-electron chi connectivity index (χ2n) is 14.0. The van der Waals surface area contributed by atoms with E-state index in [1.165, 1.54) is 64.2 Å². The Morgan fingerprint density at radius 2 is 1.82 bits per heavy atom. The van der Waals surface area contributed by atoms with Crippen molar-refractivity contribution >= 4 is 0 Å². The van der Waals surface area contributed by atoms with E-state index in [1.807, 2.05) is 11.1 Å². The second-order valence-corrected chi connectivity index (χ2v) is 14.0. The van der Waals surface area contributed by atoms with E-state index in [1.54, 1.807) is 0 Å². The van der Waals surface area contributed by atoms with Gasteiger partial charge in [0, 0.05) is 18.3 Å². The number of hydrogen-bond donors (Lipinski definition) is 1. The smallest absolute Gasteiger partial charge is 0.169 e. The molecule has 1 heterocycles. The molecule has 1 N–H and O–H groups in total. The highest BCUT2D eigenvalue weighted by Gasteiger charge is 2.70. The van der Waals surface area contributed by atoms with Crippen LogP contribution in [0, 0.1) is 39.9 Å². The van der Waals surface area contributed by atoms with Crippen molar-refractivity contribution in [1.82, 2.24) is 0 Å². The summed E-state index contributed by atoms with van der Waals surface area (Å²) in [6, 6.07) is 0. The molecule has 3 saturated carbocycles. The van der Waals surface area contributed by atoms with Gasteiger partial charge in [0.1, 0.15) is 0 Å². The van der Waals surface area contributed by atoms with Gasteiger partial charge in [-0.3, -0.25) is 0 Å². The number of aliphatic hydroxyl groups excluding tert-OH is 1. The summed E-state index contributed by atoms with van der Waals surface area (Å²) < 4.78 is 12.8. The summed E-state index contributed by atoms with van der Waals surface area (Å²) in [5.74, 6) is 2.86. The Hall–Kier alpha value is -0.380. The third-order valence-electron chi connectivity index (χ3n) is 12.1. The molecule has 5 aliphatic rings. The first-order chi connectivity index (χ1) is 16.1. The van der Waals surface area contributed by atoms with Gasteiger partial charge < -0.3 is 14.6 Å². The molecule has 0 radical (unpaired) electrons. The second kappa shape index (κ2) is 8.88. The average Bonchev–Trinajstić information content (AvgIpc) is 3.26. The Kier molecular flexibility index (Phi) is 6.60. The van der Waals surface area contributed by atoms with Crippen molar-refractivity contribution in [2.75, 3.05) is 13.2 Å². The van der Waals surface area contributed by atoms with Gasteiger partial charge in [0.2, 0.25) is 0 Å². The fourth-order valence-electron chi connectivity index (χ4n) is 10.3. The molecule has 8 atom stereocenters. The molecule has 3 heteroatoms. The maximum Gasteiger partial charge on any atom is 0.169 e. The maximum atomic E-state index is 9.38. The van der Waals surface area contributed by atoms with Gasteiger partial charge >= 0.3 is 0 Å². The van der Waals surface area contributed by atoms with Crippen molar-refractivity contribution in [2.45, 2.75) is 130 Å². The number of allylic oxidation sites excluding steroid dienone is 2. The van der Waals surface area contributed by atoms with Crippen LogP contribution >= 0.6 is 0 Å². The highest BCUT2D eigenvalue weighted by Crippen LogP contribution is 2.74. The molecule has 0 aromatic carbocycles. The van der Waals surface area contributed by atoms with Gasteiger partial charge in [-0.05, 0) is 86.4 Å². The quantitative estimate of drug-likeness (QED) is 0.368. The largest absolute Gasteiger partial charge is 0.394 e. The predicted octanol–water partition coefficient (Wildman–Crippen LogP) is 7.67. The van der Waals surface area contributed by atoms with Crippen LogP contribution in [0.15, 0.2) is 11.1 Å². The van der Waals surface area contributed by atoms with Crippen molar-refractivity contribution in [1.29, 1.82) is 0 Å². The summed E-state index contributed by atoms with van der Waals surface area (Å²) >= 11 is 0. The Balaban J connectivity index is 1.39. The number of hydrogen-bond acceptors (Lipinski definition) is 3. The molecule has 1 saturated heterocycles. The summed E-state index contributed by atoms with van der Waals surface area (Å²) in [7, 11) is 0. The van der Waals surface area contributed by atoms with Gasteiger partial charge in [0.25, 0.3) is 0 Å². The molecule has 4 fully saturated rings. The van der Waals surface area contributed by atoms with Gasteiger partial charge in [-0.25, -0.2) is 0 Å². The third kappa shape index (κ3) is 3.61. The molecule has 0 amide bonds. The minimum absolute atomic E-state index is 0.0816. The van der Waals surface area contributed by atoms with E-state index in [2.05, 4.69) is 41.5 Å². The first-order valence-corrected chi connectivity index (χ1v) is 14.8. The van der Waals surface area contributed by atoms with Gasteiger partial charge in [0.05, 0.1) is 19.3 Å². The van der Waals surface area contributed by atoms with Crippen LogP contribution in [0.25, 0.3) is 0 Å². The van der Waals surface area contributed by atoms with E-state index in [0.29, 0.717) is 17.4 Å². The lowest BCUT2D eigenvalue weighted by molar-refractivity contribution is -0.235. The Labute approximate surface area is 209 Å². The third-order valence-corrected chi connectivity index (χ3v) is 12.1. The molecular weight excluding hydrogens is 420 g/mol. The van der Waals surface area contributed by atoms with Crippen molar-refractivity contribution in [3.8, 4) is 0 Å². The van der Waals surface area contributed by atoms with Crippen molar-refractivity contribution in [2.24, 2.45) is 39.9 Å². The average molecular weight is 473 g/mol. The monoisotopic (exact) mass is 472 g/mol. The van der Waals surface area contributed by atoms with Gasteiger partial charge in [-0.2, -0.15) is 0 Å². The van der Waals surface area contributed by atoms with Crippen molar-refractivity contribution in [3.05, 3.63) is 11.1 Å². The zero-order valence-electron chi connectivity index (χ0n) is 23.0. The minimum Gasteiger partial charge on any atom is -0.394 e. The molecule has 0 aromatic rings. The van der Waals surface area contributed by atoms with Crippen LogP contribution in [0.2, 0.25) is 0 Å². The number of ether oxygens (including phenoxy) is 2. The van der Waals surface area contributed by atoms with Crippen LogP contribution in [0.1, 0.15) is 119 Å². The first-order valence-electron chi connectivity index (χ1n) is 14.8. The van der Waals surface area contributed by atoms with E-state index in [4.69, 9.17) is 9.47 Å². The molecule has 0 aromatic heterocycles. The molecule has 1 spiro atoms. The van der Waals surface area contributed by atoms with Crippen molar-refractivity contribution in [3.63, 3.8) is 0 Å². The molecule has 194 valence electrons. The normalized spacial score (nSPS) is 46.4. The Morgan fingerprint density at radius 3 is 2.56 bits per heavy atom. The van der Waals surface area contributed by atoms with E-state index in [0.717, 1.165) is 36.5 Å².